The molecule has 1 atom stereocenters. The lowest BCUT2D eigenvalue weighted by atomic mass is 10.3. The fourth-order valence-electron chi connectivity index (χ4n) is 1.68. The van der Waals surface area contributed by atoms with Crippen LogP contribution in [0.2, 0.25) is 0 Å². The van der Waals surface area contributed by atoms with E-state index in [1.165, 1.54) is 18.2 Å². The first-order valence-electron chi connectivity index (χ1n) is 6.27. The van der Waals surface area contributed by atoms with Gasteiger partial charge in [-0.25, -0.2) is 13.1 Å². The van der Waals surface area contributed by atoms with Crippen LogP contribution in [0.25, 0.3) is 0 Å². The molecule has 1 aliphatic rings. The van der Waals surface area contributed by atoms with Crippen molar-refractivity contribution in [1.29, 1.82) is 0 Å². The van der Waals surface area contributed by atoms with Gasteiger partial charge in [-0.3, -0.25) is 4.79 Å². The molecule has 116 valence electrons. The largest absolute Gasteiger partial charge is 0.490 e. The number of amides is 1. The first-order chi connectivity index (χ1) is 9.90. The maximum atomic E-state index is 12.1. The van der Waals surface area contributed by atoms with Gasteiger partial charge < -0.3 is 20.3 Å². The minimum absolute atomic E-state index is 0.0524. The molecule has 9 heteroatoms. The number of fused-ring (bicyclic) bond motifs is 1. The zero-order chi connectivity index (χ0) is 15.5. The minimum Gasteiger partial charge on any atom is -0.490 e. The number of hydrogen-bond donors (Lipinski definition) is 3. The Kier molecular flexibility index (Phi) is 4.66. The van der Waals surface area contributed by atoms with E-state index < -0.39 is 28.6 Å². The standard InChI is InChI=1S/C12H16N2O6S/c13-12(16)9(15)7-14-21(17,18)8-2-3-10-11(6-8)20-5-1-4-19-10/h2-3,6,9,14-15H,1,4-5,7H2,(H2,13,16). The zero-order valence-corrected chi connectivity index (χ0v) is 11.9. The summed E-state index contributed by atoms with van der Waals surface area (Å²) in [5.74, 6) is -0.189. The summed E-state index contributed by atoms with van der Waals surface area (Å²) < 4.78 is 37.0. The number of nitrogens with one attached hydrogen (secondary N) is 1. The molecule has 0 radical (unpaired) electrons. The van der Waals surface area contributed by atoms with Gasteiger partial charge in [-0.2, -0.15) is 0 Å². The van der Waals surface area contributed by atoms with Crippen molar-refractivity contribution in [1.82, 2.24) is 4.72 Å². The smallest absolute Gasteiger partial charge is 0.247 e. The number of nitrogens with two attached hydrogens (primary N) is 1. The number of primary amides is 1. The van der Waals surface area contributed by atoms with Crippen LogP contribution in [0.1, 0.15) is 6.42 Å². The molecule has 0 aliphatic carbocycles. The third-order valence-corrected chi connectivity index (χ3v) is 4.25. The van der Waals surface area contributed by atoms with Crippen molar-refractivity contribution in [3.05, 3.63) is 18.2 Å². The lowest BCUT2D eigenvalue weighted by molar-refractivity contribution is -0.125. The second kappa shape index (κ2) is 6.29. The Balaban J connectivity index is 2.16. The van der Waals surface area contributed by atoms with E-state index in [2.05, 4.69) is 4.72 Å². The van der Waals surface area contributed by atoms with E-state index >= 15 is 0 Å². The van der Waals surface area contributed by atoms with E-state index in [0.717, 1.165) is 0 Å². The van der Waals surface area contributed by atoms with Gasteiger partial charge in [-0.1, -0.05) is 0 Å². The van der Waals surface area contributed by atoms with Crippen molar-refractivity contribution in [2.24, 2.45) is 5.73 Å². The van der Waals surface area contributed by atoms with Crippen LogP contribution in [0.3, 0.4) is 0 Å². The highest BCUT2D eigenvalue weighted by Gasteiger charge is 2.21. The summed E-state index contributed by atoms with van der Waals surface area (Å²) in [4.78, 5) is 10.6. The summed E-state index contributed by atoms with van der Waals surface area (Å²) in [5.41, 5.74) is 4.85. The van der Waals surface area contributed by atoms with E-state index in [-0.39, 0.29) is 4.90 Å². The highest BCUT2D eigenvalue weighted by Crippen LogP contribution is 2.31. The number of hydrogen-bond acceptors (Lipinski definition) is 6. The Morgan fingerprint density at radius 3 is 2.67 bits per heavy atom. The summed E-state index contributed by atoms with van der Waals surface area (Å²) >= 11 is 0. The van der Waals surface area contributed by atoms with Crippen LogP contribution in [0.5, 0.6) is 11.5 Å². The van der Waals surface area contributed by atoms with Gasteiger partial charge in [0.25, 0.3) is 0 Å². The molecule has 4 N–H and O–H groups in total. The molecule has 1 aromatic carbocycles. The predicted octanol–water partition coefficient (Wildman–Crippen LogP) is -1.03. The molecular formula is C12H16N2O6S. The molecule has 1 unspecified atom stereocenters. The van der Waals surface area contributed by atoms with Gasteiger partial charge in [0.15, 0.2) is 11.5 Å². The predicted molar refractivity (Wildman–Crippen MR) is 72.4 cm³/mol. The number of aliphatic hydroxyl groups is 1. The topological polar surface area (TPSA) is 128 Å². The normalized spacial score (nSPS) is 16.0. The van der Waals surface area contributed by atoms with Gasteiger partial charge in [0.1, 0.15) is 6.10 Å². The maximum absolute atomic E-state index is 12.1. The first kappa shape index (κ1) is 15.5. The molecule has 0 bridgehead atoms. The number of ether oxygens (including phenoxy) is 2. The Labute approximate surface area is 121 Å². The van der Waals surface area contributed by atoms with E-state index in [4.69, 9.17) is 15.2 Å². The van der Waals surface area contributed by atoms with Crippen LogP contribution < -0.4 is 19.9 Å². The quantitative estimate of drug-likeness (QED) is 0.637. The highest BCUT2D eigenvalue weighted by atomic mass is 32.2. The van der Waals surface area contributed by atoms with Gasteiger partial charge in [0.2, 0.25) is 15.9 Å². The average Bonchev–Trinajstić information content (AvgIpc) is 2.69. The monoisotopic (exact) mass is 316 g/mol. The molecule has 1 heterocycles. The van der Waals surface area contributed by atoms with Crippen LogP contribution in [-0.2, 0) is 14.8 Å². The third-order valence-electron chi connectivity index (χ3n) is 2.82. The third kappa shape index (κ3) is 3.84. The molecule has 0 aromatic heterocycles. The summed E-state index contributed by atoms with van der Waals surface area (Å²) in [7, 11) is -3.89. The number of rotatable bonds is 5. The van der Waals surface area contributed by atoms with Crippen LogP contribution in [-0.4, -0.2) is 45.3 Å². The second-order valence-electron chi connectivity index (χ2n) is 4.43. The summed E-state index contributed by atoms with van der Waals surface area (Å²) in [6.07, 6.45) is -0.875. The minimum atomic E-state index is -3.89. The Morgan fingerprint density at radius 2 is 2.00 bits per heavy atom. The lowest BCUT2D eigenvalue weighted by Crippen LogP contribution is -2.39. The van der Waals surface area contributed by atoms with Gasteiger partial charge in [-0.05, 0) is 12.1 Å². The molecule has 2 rings (SSSR count). The first-order valence-corrected chi connectivity index (χ1v) is 7.75. The summed E-state index contributed by atoms with van der Waals surface area (Å²) in [5, 5.41) is 9.22. The van der Waals surface area contributed by atoms with Gasteiger partial charge in [-0.15, -0.1) is 0 Å². The van der Waals surface area contributed by atoms with E-state index in [9.17, 15) is 18.3 Å². The Morgan fingerprint density at radius 1 is 1.33 bits per heavy atom. The Hall–Kier alpha value is -1.84. The van der Waals surface area contributed by atoms with E-state index in [0.29, 0.717) is 31.1 Å². The maximum Gasteiger partial charge on any atom is 0.247 e. The van der Waals surface area contributed by atoms with Gasteiger partial charge in [0.05, 0.1) is 18.1 Å². The molecular weight excluding hydrogens is 300 g/mol. The number of carbonyl (C=O) groups excluding carboxylic acids is 1. The molecule has 1 amide bonds. The molecule has 1 aromatic rings. The van der Waals surface area contributed by atoms with E-state index in [1.54, 1.807) is 0 Å². The van der Waals surface area contributed by atoms with Gasteiger partial charge in [0, 0.05) is 19.0 Å². The van der Waals surface area contributed by atoms with Crippen molar-refractivity contribution in [3.8, 4) is 11.5 Å². The fraction of sp³-hybridized carbons (Fsp3) is 0.417. The Bertz CT molecular complexity index is 631. The van der Waals surface area contributed by atoms with Crippen molar-refractivity contribution in [2.45, 2.75) is 17.4 Å². The molecule has 0 spiro atoms. The highest BCUT2D eigenvalue weighted by molar-refractivity contribution is 7.89. The zero-order valence-electron chi connectivity index (χ0n) is 11.1. The van der Waals surface area contributed by atoms with Crippen molar-refractivity contribution < 1.29 is 27.8 Å². The number of aliphatic hydroxyl groups excluding tert-OH is 1. The average molecular weight is 316 g/mol. The van der Waals surface area contributed by atoms with E-state index in [1.807, 2.05) is 0 Å². The molecule has 0 fully saturated rings. The van der Waals surface area contributed by atoms with Crippen LogP contribution in [0.15, 0.2) is 23.1 Å². The van der Waals surface area contributed by atoms with Crippen LogP contribution >= 0.6 is 0 Å². The molecule has 0 saturated heterocycles. The fourth-order valence-corrected chi connectivity index (χ4v) is 2.74. The molecule has 0 saturated carbocycles. The van der Waals surface area contributed by atoms with Gasteiger partial charge >= 0.3 is 0 Å². The SMILES string of the molecule is NC(=O)C(O)CNS(=O)(=O)c1ccc2c(c1)OCCCO2. The van der Waals surface area contributed by atoms with Crippen molar-refractivity contribution >= 4 is 15.9 Å². The molecule has 8 nitrogen and oxygen atoms in total. The molecule has 21 heavy (non-hydrogen) atoms. The summed E-state index contributed by atoms with van der Waals surface area (Å²) in [6, 6.07) is 4.19. The number of benzene rings is 1. The van der Waals surface area contributed by atoms with Crippen molar-refractivity contribution in [3.63, 3.8) is 0 Å². The van der Waals surface area contributed by atoms with Crippen molar-refractivity contribution in [2.75, 3.05) is 19.8 Å². The number of carbonyl (C=O) groups is 1. The lowest BCUT2D eigenvalue weighted by Gasteiger charge is -2.12. The van der Waals surface area contributed by atoms with Crippen LogP contribution in [0, 0.1) is 0 Å². The number of sulfonamides is 1. The second-order valence-corrected chi connectivity index (χ2v) is 6.20. The van der Waals surface area contributed by atoms with Crippen LogP contribution in [0.4, 0.5) is 0 Å². The summed E-state index contributed by atoms with van der Waals surface area (Å²) in [6.45, 7) is 0.443. The molecule has 1 aliphatic heterocycles.